The first-order valence-corrected chi connectivity index (χ1v) is 8.93. The average Bonchev–Trinajstić information content (AvgIpc) is 2.76. The number of nitrogens with zero attached hydrogens (tertiary/aromatic N) is 3. The normalized spacial score (nSPS) is 10.4. The number of rotatable bonds is 4. The molecule has 3 aromatic carbocycles. The van der Waals surface area contributed by atoms with E-state index in [4.69, 9.17) is 10.00 Å². The molecule has 0 N–H and O–H groups in total. The third kappa shape index (κ3) is 3.62. The second-order valence-corrected chi connectivity index (χ2v) is 6.32. The third-order valence-corrected chi connectivity index (χ3v) is 4.42. The Balaban J connectivity index is 1.78. The monoisotopic (exact) mass is 381 g/mol. The summed E-state index contributed by atoms with van der Waals surface area (Å²) in [5.41, 5.74) is 1.11. The van der Waals surface area contributed by atoms with Crippen LogP contribution in [-0.4, -0.2) is 15.7 Å². The maximum absolute atomic E-state index is 12.9. The molecule has 0 amide bonds. The van der Waals surface area contributed by atoms with Gasteiger partial charge in [0.25, 0.3) is 5.56 Å². The lowest BCUT2D eigenvalue weighted by Crippen LogP contribution is -2.25. The third-order valence-electron chi connectivity index (χ3n) is 4.42. The van der Waals surface area contributed by atoms with E-state index in [1.165, 1.54) is 4.68 Å². The highest BCUT2D eigenvalue weighted by Crippen LogP contribution is 2.19. The van der Waals surface area contributed by atoms with Crippen LogP contribution in [0.2, 0.25) is 0 Å². The van der Waals surface area contributed by atoms with Crippen molar-refractivity contribution in [1.82, 2.24) is 9.78 Å². The number of hydrogen-bond donors (Lipinski definition) is 0. The predicted octanol–water partition coefficient (Wildman–Crippen LogP) is 3.67. The highest BCUT2D eigenvalue weighted by Gasteiger charge is 2.19. The van der Waals surface area contributed by atoms with E-state index < -0.39 is 5.97 Å². The number of aromatic nitrogens is 2. The molecule has 0 radical (unpaired) electrons. The van der Waals surface area contributed by atoms with Crippen molar-refractivity contribution in [3.63, 3.8) is 0 Å². The summed E-state index contributed by atoms with van der Waals surface area (Å²) in [4.78, 5) is 25.8. The van der Waals surface area contributed by atoms with E-state index in [-0.39, 0.29) is 17.7 Å². The molecule has 0 spiro atoms. The first-order chi connectivity index (χ1) is 14.2. The molecule has 140 valence electrons. The number of carbonyl (C=O) groups is 1. The van der Waals surface area contributed by atoms with Gasteiger partial charge in [-0.05, 0) is 35.9 Å². The van der Waals surface area contributed by atoms with Crippen LogP contribution in [0.5, 0.6) is 5.75 Å². The van der Waals surface area contributed by atoms with Crippen LogP contribution in [0, 0.1) is 11.3 Å². The van der Waals surface area contributed by atoms with Crippen molar-refractivity contribution < 1.29 is 9.53 Å². The zero-order valence-corrected chi connectivity index (χ0v) is 15.3. The molecule has 0 atom stereocenters. The minimum absolute atomic E-state index is 0.0464. The highest BCUT2D eigenvalue weighted by atomic mass is 16.5. The number of hydrogen-bond acceptors (Lipinski definition) is 5. The van der Waals surface area contributed by atoms with Crippen molar-refractivity contribution >= 4 is 16.7 Å². The Kier molecular flexibility index (Phi) is 4.87. The summed E-state index contributed by atoms with van der Waals surface area (Å²) in [7, 11) is 0. The minimum Gasteiger partial charge on any atom is -0.422 e. The fraction of sp³-hybridized carbons (Fsp3) is 0.0435. The zero-order chi connectivity index (χ0) is 20.2. The average molecular weight is 381 g/mol. The Morgan fingerprint density at radius 2 is 1.59 bits per heavy atom. The topological polar surface area (TPSA) is 85.0 Å². The fourth-order valence-corrected chi connectivity index (χ4v) is 3.01. The van der Waals surface area contributed by atoms with E-state index in [9.17, 15) is 9.59 Å². The van der Waals surface area contributed by atoms with Crippen LogP contribution in [0.3, 0.4) is 0 Å². The molecule has 0 unspecified atom stereocenters. The van der Waals surface area contributed by atoms with Gasteiger partial charge in [0.05, 0.1) is 23.6 Å². The molecule has 0 fully saturated rings. The van der Waals surface area contributed by atoms with Crippen molar-refractivity contribution in [2.45, 2.75) is 6.42 Å². The van der Waals surface area contributed by atoms with Gasteiger partial charge in [0.2, 0.25) is 0 Å². The molecule has 4 aromatic rings. The van der Waals surface area contributed by atoms with E-state index in [1.54, 1.807) is 72.8 Å². The van der Waals surface area contributed by atoms with E-state index in [1.807, 2.05) is 6.07 Å². The largest absolute Gasteiger partial charge is 0.422 e. The Morgan fingerprint density at radius 1 is 0.931 bits per heavy atom. The number of ether oxygens (including phenoxy) is 1. The Morgan fingerprint density at radius 3 is 2.28 bits per heavy atom. The number of esters is 1. The van der Waals surface area contributed by atoms with Crippen LogP contribution < -0.4 is 10.3 Å². The number of para-hydroxylation sites is 1. The Bertz CT molecular complexity index is 1290. The first kappa shape index (κ1) is 18.1. The van der Waals surface area contributed by atoms with Gasteiger partial charge in [-0.2, -0.15) is 15.0 Å². The second kappa shape index (κ2) is 7.79. The minimum atomic E-state index is -0.668. The predicted molar refractivity (Wildman–Crippen MR) is 108 cm³/mol. The van der Waals surface area contributed by atoms with Gasteiger partial charge in [0, 0.05) is 5.39 Å². The van der Waals surface area contributed by atoms with Crippen LogP contribution >= 0.6 is 0 Å². The lowest BCUT2D eigenvalue weighted by molar-refractivity contribution is 0.0729. The second-order valence-electron chi connectivity index (χ2n) is 6.32. The van der Waals surface area contributed by atoms with Crippen LogP contribution in [0.4, 0.5) is 0 Å². The Hall–Kier alpha value is -4.24. The molecule has 0 aliphatic carbocycles. The summed E-state index contributed by atoms with van der Waals surface area (Å²) in [6.07, 6.45) is 0.280. The van der Waals surface area contributed by atoms with Gasteiger partial charge >= 0.3 is 5.97 Å². The van der Waals surface area contributed by atoms with Crippen molar-refractivity contribution in [3.8, 4) is 17.5 Å². The van der Waals surface area contributed by atoms with Crippen molar-refractivity contribution in [2.24, 2.45) is 0 Å². The molecule has 6 heteroatoms. The standard InChI is InChI=1S/C23H15N3O3/c24-15-14-16-10-12-18(13-11-16)29-23(28)21-19-8-4-5-9-20(19)22(27)26(25-21)17-6-2-1-3-7-17/h1-13H,14H2. The molecule has 0 aliphatic rings. The maximum Gasteiger partial charge on any atom is 0.364 e. The van der Waals surface area contributed by atoms with Crippen LogP contribution in [0.25, 0.3) is 16.5 Å². The smallest absolute Gasteiger partial charge is 0.364 e. The summed E-state index contributed by atoms with van der Waals surface area (Å²) < 4.78 is 6.68. The van der Waals surface area contributed by atoms with Crippen molar-refractivity contribution in [3.05, 3.63) is 100 Å². The SMILES string of the molecule is N#CCc1ccc(OC(=O)c2nn(-c3ccccc3)c(=O)c3ccccc23)cc1. The highest BCUT2D eigenvalue weighted by molar-refractivity contribution is 6.03. The number of benzene rings is 3. The zero-order valence-electron chi connectivity index (χ0n) is 15.3. The molecule has 1 aromatic heterocycles. The lowest BCUT2D eigenvalue weighted by atomic mass is 10.1. The summed E-state index contributed by atoms with van der Waals surface area (Å²) in [5, 5.41) is 13.9. The summed E-state index contributed by atoms with van der Waals surface area (Å²) in [6, 6.07) is 24.5. The van der Waals surface area contributed by atoms with Gasteiger partial charge in [-0.3, -0.25) is 4.79 Å². The van der Waals surface area contributed by atoms with Crippen molar-refractivity contribution in [2.75, 3.05) is 0 Å². The molecule has 4 rings (SSSR count). The van der Waals surface area contributed by atoms with E-state index >= 15 is 0 Å². The quantitative estimate of drug-likeness (QED) is 0.398. The summed E-state index contributed by atoms with van der Waals surface area (Å²) in [6.45, 7) is 0. The fourth-order valence-electron chi connectivity index (χ4n) is 3.01. The molecule has 29 heavy (non-hydrogen) atoms. The molecule has 1 heterocycles. The van der Waals surface area contributed by atoms with E-state index in [0.29, 0.717) is 22.2 Å². The number of carbonyl (C=O) groups excluding carboxylic acids is 1. The molecule has 0 saturated carbocycles. The van der Waals surface area contributed by atoms with Crippen LogP contribution in [-0.2, 0) is 6.42 Å². The van der Waals surface area contributed by atoms with Crippen molar-refractivity contribution in [1.29, 1.82) is 5.26 Å². The van der Waals surface area contributed by atoms with Gasteiger partial charge in [0.15, 0.2) is 5.69 Å². The van der Waals surface area contributed by atoms with Crippen LogP contribution in [0.15, 0.2) is 83.7 Å². The molecular weight excluding hydrogens is 366 g/mol. The van der Waals surface area contributed by atoms with E-state index in [0.717, 1.165) is 5.56 Å². The maximum atomic E-state index is 12.9. The van der Waals surface area contributed by atoms with Gasteiger partial charge in [-0.15, -0.1) is 0 Å². The summed E-state index contributed by atoms with van der Waals surface area (Å²) >= 11 is 0. The van der Waals surface area contributed by atoms with Gasteiger partial charge in [-0.1, -0.05) is 48.5 Å². The molecule has 0 bridgehead atoms. The first-order valence-electron chi connectivity index (χ1n) is 8.93. The molecule has 6 nitrogen and oxygen atoms in total. The Labute approximate surface area is 166 Å². The van der Waals surface area contributed by atoms with Gasteiger partial charge in [-0.25, -0.2) is 4.79 Å². The van der Waals surface area contributed by atoms with E-state index in [2.05, 4.69) is 11.2 Å². The molecular formula is C23H15N3O3. The van der Waals surface area contributed by atoms with Gasteiger partial charge in [0.1, 0.15) is 5.75 Å². The van der Waals surface area contributed by atoms with Crippen LogP contribution in [0.1, 0.15) is 16.1 Å². The van der Waals surface area contributed by atoms with Gasteiger partial charge < -0.3 is 4.74 Å². The molecule has 0 aliphatic heterocycles. The molecule has 0 saturated heterocycles. The summed E-state index contributed by atoms with van der Waals surface area (Å²) in [5.74, 6) is -0.334. The number of nitriles is 1. The lowest BCUT2D eigenvalue weighted by Gasteiger charge is -2.11. The number of fused-ring (bicyclic) bond motifs is 1.